The van der Waals surface area contributed by atoms with E-state index in [1.54, 1.807) is 0 Å². The summed E-state index contributed by atoms with van der Waals surface area (Å²) in [5, 5.41) is 7.45. The summed E-state index contributed by atoms with van der Waals surface area (Å²) in [7, 11) is 0. The zero-order valence-electron chi connectivity index (χ0n) is 24.9. The minimum atomic E-state index is 0.903. The van der Waals surface area contributed by atoms with Gasteiger partial charge in [-0.2, -0.15) is 0 Å². The zero-order chi connectivity index (χ0) is 30.2. The lowest BCUT2D eigenvalue weighted by Crippen LogP contribution is -2.00. The van der Waals surface area contributed by atoms with E-state index in [2.05, 4.69) is 173 Å². The van der Waals surface area contributed by atoms with Crippen LogP contribution in [0.3, 0.4) is 0 Å². The van der Waals surface area contributed by atoms with E-state index in [-0.39, 0.29) is 0 Å². The number of rotatable bonds is 3. The van der Waals surface area contributed by atoms with Gasteiger partial charge in [0.25, 0.3) is 0 Å². The normalized spacial score (nSPS) is 11.9. The Morgan fingerprint density at radius 3 is 1.72 bits per heavy atom. The van der Waals surface area contributed by atoms with Crippen molar-refractivity contribution in [3.63, 3.8) is 0 Å². The van der Waals surface area contributed by atoms with E-state index in [0.29, 0.717) is 0 Å². The molecular formula is C43H27N3. The summed E-state index contributed by atoms with van der Waals surface area (Å²) in [5.74, 6) is 0.903. The highest BCUT2D eigenvalue weighted by Crippen LogP contribution is 2.40. The van der Waals surface area contributed by atoms with Gasteiger partial charge in [-0.05, 0) is 59.0 Å². The van der Waals surface area contributed by atoms with Crippen molar-refractivity contribution in [3.05, 3.63) is 164 Å². The lowest BCUT2D eigenvalue weighted by Gasteiger charge is -2.14. The monoisotopic (exact) mass is 585 g/mol. The lowest BCUT2D eigenvalue weighted by atomic mass is 10.0. The number of pyridine rings is 2. The highest BCUT2D eigenvalue weighted by atomic mass is 15.1. The predicted molar refractivity (Wildman–Crippen MR) is 193 cm³/mol. The average molecular weight is 586 g/mol. The van der Waals surface area contributed by atoms with Gasteiger partial charge in [0.15, 0.2) is 0 Å². The first-order chi connectivity index (χ1) is 22.8. The van der Waals surface area contributed by atoms with Gasteiger partial charge in [0.05, 0.1) is 33.3 Å². The Bertz CT molecular complexity index is 2730. The van der Waals surface area contributed by atoms with Crippen LogP contribution in [0.15, 0.2) is 164 Å². The molecule has 4 heterocycles. The summed E-state index contributed by atoms with van der Waals surface area (Å²) in [6, 6.07) is 58.9. The van der Waals surface area contributed by atoms with E-state index in [0.717, 1.165) is 33.7 Å². The van der Waals surface area contributed by atoms with Crippen molar-refractivity contribution in [2.75, 3.05) is 0 Å². The third-order valence-electron chi connectivity index (χ3n) is 9.45. The molecule has 0 saturated heterocycles. The SMILES string of the molecule is c1ccc(-c2cc(-c3ccccc3)nc(-n3c4ccccc4c4cc5c6ccccc6c6cc7ccccc7n6c5cc43)c2)cc1. The van der Waals surface area contributed by atoms with E-state index >= 15 is 0 Å². The van der Waals surface area contributed by atoms with Gasteiger partial charge in [-0.1, -0.05) is 121 Å². The maximum Gasteiger partial charge on any atom is 0.138 e. The Balaban J connectivity index is 1.38. The fourth-order valence-electron chi connectivity index (χ4n) is 7.39. The van der Waals surface area contributed by atoms with Crippen LogP contribution in [0.4, 0.5) is 0 Å². The average Bonchev–Trinajstić information content (AvgIpc) is 3.68. The topological polar surface area (TPSA) is 22.2 Å². The molecule has 6 aromatic carbocycles. The Labute approximate surface area is 265 Å². The van der Waals surface area contributed by atoms with Crippen LogP contribution < -0.4 is 0 Å². The van der Waals surface area contributed by atoms with E-state index in [1.165, 1.54) is 54.4 Å². The maximum atomic E-state index is 5.36. The molecule has 10 aromatic rings. The second-order valence-electron chi connectivity index (χ2n) is 12.0. The fraction of sp³-hybridized carbons (Fsp3) is 0. The molecule has 0 N–H and O–H groups in total. The van der Waals surface area contributed by atoms with Crippen molar-refractivity contribution in [2.24, 2.45) is 0 Å². The number of aromatic nitrogens is 3. The molecule has 0 fully saturated rings. The highest BCUT2D eigenvalue weighted by molar-refractivity contribution is 6.21. The third kappa shape index (κ3) is 3.63. The summed E-state index contributed by atoms with van der Waals surface area (Å²) < 4.78 is 4.80. The predicted octanol–water partition coefficient (Wildman–Crippen LogP) is 11.2. The molecule has 4 aromatic heterocycles. The van der Waals surface area contributed by atoms with Crippen LogP contribution in [0.5, 0.6) is 0 Å². The minimum absolute atomic E-state index is 0.903. The number of hydrogen-bond donors (Lipinski definition) is 0. The largest absolute Gasteiger partial charge is 0.309 e. The van der Waals surface area contributed by atoms with Crippen LogP contribution in [0.1, 0.15) is 0 Å². The molecule has 0 aliphatic rings. The molecule has 0 amide bonds. The molecule has 0 spiro atoms. The van der Waals surface area contributed by atoms with Crippen LogP contribution >= 0.6 is 0 Å². The van der Waals surface area contributed by atoms with Gasteiger partial charge in [-0.25, -0.2) is 4.98 Å². The standard InChI is InChI=1S/C43H27N3/c1-3-13-28(14-4-1)31-23-37(29-15-5-2-6-16-29)44-43(25-31)46-39-22-12-10-20-34(39)36-26-35-32-18-8-9-19-33(32)40-24-30-17-7-11-21-38(30)45(40)41(35)27-42(36)46/h1-27H. The number of benzene rings is 6. The van der Waals surface area contributed by atoms with Crippen molar-refractivity contribution in [3.8, 4) is 28.2 Å². The smallest absolute Gasteiger partial charge is 0.138 e. The van der Waals surface area contributed by atoms with Crippen LogP contribution in [0.25, 0.3) is 88.1 Å². The van der Waals surface area contributed by atoms with Gasteiger partial charge in [0.2, 0.25) is 0 Å². The Morgan fingerprint density at radius 2 is 0.935 bits per heavy atom. The van der Waals surface area contributed by atoms with Crippen molar-refractivity contribution in [1.29, 1.82) is 0 Å². The second kappa shape index (κ2) is 9.65. The fourth-order valence-corrected chi connectivity index (χ4v) is 7.39. The van der Waals surface area contributed by atoms with Crippen LogP contribution in [0, 0.1) is 0 Å². The molecule has 0 aliphatic carbocycles. The second-order valence-corrected chi connectivity index (χ2v) is 12.0. The quantitative estimate of drug-likeness (QED) is 0.189. The van der Waals surface area contributed by atoms with Gasteiger partial charge < -0.3 is 4.40 Å². The van der Waals surface area contributed by atoms with E-state index in [9.17, 15) is 0 Å². The van der Waals surface area contributed by atoms with Crippen molar-refractivity contribution >= 4 is 59.9 Å². The van der Waals surface area contributed by atoms with Gasteiger partial charge >= 0.3 is 0 Å². The molecule has 3 heteroatoms. The molecule has 0 bridgehead atoms. The highest BCUT2D eigenvalue weighted by Gasteiger charge is 2.19. The summed E-state index contributed by atoms with van der Waals surface area (Å²) in [6.45, 7) is 0. The van der Waals surface area contributed by atoms with Gasteiger partial charge in [0, 0.05) is 32.5 Å². The number of fused-ring (bicyclic) bond motifs is 11. The Morgan fingerprint density at radius 1 is 0.348 bits per heavy atom. The molecule has 3 nitrogen and oxygen atoms in total. The molecule has 0 unspecified atom stereocenters. The molecule has 0 atom stereocenters. The van der Waals surface area contributed by atoms with Crippen molar-refractivity contribution in [1.82, 2.24) is 14.0 Å². The zero-order valence-corrected chi connectivity index (χ0v) is 24.9. The van der Waals surface area contributed by atoms with Gasteiger partial charge in [-0.15, -0.1) is 0 Å². The number of nitrogens with zero attached hydrogens (tertiary/aromatic N) is 3. The molecule has 214 valence electrons. The first kappa shape index (κ1) is 25.2. The summed E-state index contributed by atoms with van der Waals surface area (Å²) in [6.07, 6.45) is 0. The van der Waals surface area contributed by atoms with Crippen LogP contribution in [-0.2, 0) is 0 Å². The van der Waals surface area contributed by atoms with E-state index in [4.69, 9.17) is 4.98 Å². The third-order valence-corrected chi connectivity index (χ3v) is 9.45. The molecule has 0 saturated carbocycles. The summed E-state index contributed by atoms with van der Waals surface area (Å²) in [4.78, 5) is 5.36. The van der Waals surface area contributed by atoms with Crippen LogP contribution in [0.2, 0.25) is 0 Å². The Hall–Kier alpha value is -6.19. The molecule has 10 rings (SSSR count). The van der Waals surface area contributed by atoms with Gasteiger partial charge in [-0.3, -0.25) is 4.57 Å². The minimum Gasteiger partial charge on any atom is -0.309 e. The first-order valence-electron chi connectivity index (χ1n) is 15.7. The maximum absolute atomic E-state index is 5.36. The number of para-hydroxylation sites is 2. The van der Waals surface area contributed by atoms with Gasteiger partial charge in [0.1, 0.15) is 5.82 Å². The van der Waals surface area contributed by atoms with E-state index < -0.39 is 0 Å². The van der Waals surface area contributed by atoms with Crippen LogP contribution in [-0.4, -0.2) is 14.0 Å². The van der Waals surface area contributed by atoms with Crippen molar-refractivity contribution < 1.29 is 0 Å². The lowest BCUT2D eigenvalue weighted by molar-refractivity contribution is 1.08. The summed E-state index contributed by atoms with van der Waals surface area (Å²) in [5.41, 5.74) is 10.3. The molecule has 0 radical (unpaired) electrons. The number of hydrogen-bond acceptors (Lipinski definition) is 1. The Kier molecular flexibility index (Phi) is 5.28. The van der Waals surface area contributed by atoms with Crippen molar-refractivity contribution in [2.45, 2.75) is 0 Å². The first-order valence-corrected chi connectivity index (χ1v) is 15.7. The molecular weight excluding hydrogens is 558 g/mol. The molecule has 46 heavy (non-hydrogen) atoms. The van der Waals surface area contributed by atoms with E-state index in [1.807, 2.05) is 0 Å². The summed E-state index contributed by atoms with van der Waals surface area (Å²) >= 11 is 0. The molecule has 0 aliphatic heterocycles.